The van der Waals surface area contributed by atoms with Gasteiger partial charge in [0, 0.05) is 39.3 Å². The number of carbonyl (C=O) groups excluding carboxylic acids is 1. The molecule has 2 aromatic rings. The van der Waals surface area contributed by atoms with Crippen molar-refractivity contribution in [1.82, 2.24) is 19.8 Å². The third-order valence-corrected chi connectivity index (χ3v) is 5.52. The molecule has 0 radical (unpaired) electrons. The van der Waals surface area contributed by atoms with Gasteiger partial charge in [0.1, 0.15) is 12.1 Å². The fraction of sp³-hybridized carbons (Fsp3) is 0.562. The van der Waals surface area contributed by atoms with Crippen molar-refractivity contribution in [2.45, 2.75) is 0 Å². The lowest BCUT2D eigenvalue weighted by atomic mass is 10.3. The molecule has 24 heavy (non-hydrogen) atoms. The van der Waals surface area contributed by atoms with Crippen molar-refractivity contribution in [1.29, 1.82) is 0 Å². The molecule has 4 rings (SSSR count). The summed E-state index contributed by atoms with van der Waals surface area (Å²) in [5.74, 6) is 1.24. The van der Waals surface area contributed by atoms with Gasteiger partial charge in [0.2, 0.25) is 5.91 Å². The average Bonchev–Trinajstić information content (AvgIpc) is 3.12. The van der Waals surface area contributed by atoms with Crippen LogP contribution in [0.4, 0.5) is 5.82 Å². The van der Waals surface area contributed by atoms with E-state index in [-0.39, 0.29) is 5.91 Å². The lowest BCUT2D eigenvalue weighted by Gasteiger charge is -2.36. The Morgan fingerprint density at radius 3 is 2.71 bits per heavy atom. The van der Waals surface area contributed by atoms with E-state index >= 15 is 0 Å². The van der Waals surface area contributed by atoms with Gasteiger partial charge < -0.3 is 14.5 Å². The Morgan fingerprint density at radius 1 is 1.12 bits per heavy atom. The highest BCUT2D eigenvalue weighted by Crippen LogP contribution is 2.28. The Morgan fingerprint density at radius 2 is 1.92 bits per heavy atom. The maximum Gasteiger partial charge on any atom is 0.236 e. The number of ether oxygens (including phenoxy) is 1. The van der Waals surface area contributed by atoms with Crippen LogP contribution in [0.25, 0.3) is 10.2 Å². The number of hydrogen-bond donors (Lipinski definition) is 0. The summed E-state index contributed by atoms with van der Waals surface area (Å²) in [6.07, 6.45) is 1.64. The van der Waals surface area contributed by atoms with E-state index in [0.29, 0.717) is 19.8 Å². The van der Waals surface area contributed by atoms with Gasteiger partial charge in [0.05, 0.1) is 30.0 Å². The number of nitrogens with zero attached hydrogens (tertiary/aromatic N) is 5. The largest absolute Gasteiger partial charge is 0.378 e. The molecule has 2 fully saturated rings. The van der Waals surface area contributed by atoms with Gasteiger partial charge in [0.15, 0.2) is 0 Å². The van der Waals surface area contributed by atoms with Gasteiger partial charge in [0.25, 0.3) is 0 Å². The normalized spacial score (nSPS) is 19.8. The molecule has 2 saturated heterocycles. The van der Waals surface area contributed by atoms with Gasteiger partial charge >= 0.3 is 0 Å². The monoisotopic (exact) mass is 347 g/mol. The Labute approximate surface area is 144 Å². The smallest absolute Gasteiger partial charge is 0.236 e. The van der Waals surface area contributed by atoms with Gasteiger partial charge in [-0.3, -0.25) is 9.69 Å². The van der Waals surface area contributed by atoms with Crippen LogP contribution in [-0.4, -0.2) is 84.7 Å². The zero-order valence-electron chi connectivity index (χ0n) is 13.6. The maximum absolute atomic E-state index is 12.4. The second kappa shape index (κ2) is 7.00. The summed E-state index contributed by atoms with van der Waals surface area (Å²) in [5, 5.41) is 2.06. The third-order valence-electron chi connectivity index (χ3n) is 4.62. The van der Waals surface area contributed by atoms with Crippen molar-refractivity contribution >= 4 is 33.3 Å². The Hall–Kier alpha value is -1.77. The maximum atomic E-state index is 12.4. The van der Waals surface area contributed by atoms with Crippen LogP contribution >= 0.6 is 11.3 Å². The van der Waals surface area contributed by atoms with Crippen LogP contribution in [0.15, 0.2) is 17.8 Å². The van der Waals surface area contributed by atoms with Gasteiger partial charge in [-0.2, -0.15) is 0 Å². The topological polar surface area (TPSA) is 61.8 Å². The number of rotatable bonds is 3. The van der Waals surface area contributed by atoms with Crippen LogP contribution in [0.2, 0.25) is 0 Å². The molecule has 0 unspecified atom stereocenters. The molecular formula is C16H21N5O2S. The lowest BCUT2D eigenvalue weighted by Crippen LogP contribution is -2.51. The average molecular weight is 347 g/mol. The number of anilines is 1. The second-order valence-corrected chi connectivity index (χ2v) is 7.00. The Balaban J connectivity index is 1.35. The van der Waals surface area contributed by atoms with Gasteiger partial charge in [-0.25, -0.2) is 9.97 Å². The summed E-state index contributed by atoms with van der Waals surface area (Å²) in [5.41, 5.74) is 1.01. The van der Waals surface area contributed by atoms with Crippen molar-refractivity contribution in [2.24, 2.45) is 0 Å². The van der Waals surface area contributed by atoms with E-state index in [1.165, 1.54) is 0 Å². The second-order valence-electron chi connectivity index (χ2n) is 6.09. The molecule has 0 aromatic carbocycles. The number of morpholine rings is 1. The minimum Gasteiger partial charge on any atom is -0.378 e. The van der Waals surface area contributed by atoms with Crippen LogP contribution in [0.3, 0.4) is 0 Å². The third kappa shape index (κ3) is 3.22. The molecular weight excluding hydrogens is 326 g/mol. The first kappa shape index (κ1) is 15.7. The quantitative estimate of drug-likeness (QED) is 0.813. The molecule has 0 spiro atoms. The zero-order valence-corrected chi connectivity index (χ0v) is 14.4. The van der Waals surface area contributed by atoms with E-state index in [1.807, 2.05) is 11.0 Å². The van der Waals surface area contributed by atoms with Crippen LogP contribution in [0.1, 0.15) is 0 Å². The van der Waals surface area contributed by atoms with Gasteiger partial charge in [-0.15, -0.1) is 11.3 Å². The summed E-state index contributed by atoms with van der Waals surface area (Å²) in [4.78, 5) is 27.6. The van der Waals surface area contributed by atoms with E-state index < -0.39 is 0 Å². The number of fused-ring (bicyclic) bond motifs is 1. The van der Waals surface area contributed by atoms with Crippen molar-refractivity contribution in [3.05, 3.63) is 17.8 Å². The molecule has 2 aliphatic heterocycles. The van der Waals surface area contributed by atoms with E-state index in [2.05, 4.69) is 25.1 Å². The van der Waals surface area contributed by atoms with Crippen molar-refractivity contribution in [3.8, 4) is 0 Å². The first-order valence-electron chi connectivity index (χ1n) is 8.32. The summed E-state index contributed by atoms with van der Waals surface area (Å²) >= 11 is 1.68. The molecule has 0 bridgehead atoms. The molecule has 2 aliphatic rings. The first-order valence-corrected chi connectivity index (χ1v) is 9.20. The van der Waals surface area contributed by atoms with Crippen LogP contribution in [0, 0.1) is 0 Å². The van der Waals surface area contributed by atoms with Gasteiger partial charge in [-0.1, -0.05) is 0 Å². The summed E-state index contributed by atoms with van der Waals surface area (Å²) in [6, 6.07) is 2.03. The number of carbonyl (C=O) groups is 1. The van der Waals surface area contributed by atoms with E-state index in [0.717, 1.165) is 55.3 Å². The molecule has 1 amide bonds. The molecule has 8 heteroatoms. The fourth-order valence-corrected chi connectivity index (χ4v) is 4.08. The standard InChI is InChI=1S/C16H21N5O2S/c22-14(20-6-8-23-9-7-20)11-19-2-4-21(5-3-19)16-15-13(1-10-24-15)17-12-18-16/h1,10,12H,2-9,11H2. The number of hydrogen-bond acceptors (Lipinski definition) is 7. The Kier molecular flexibility index (Phi) is 4.59. The molecule has 0 N–H and O–H groups in total. The summed E-state index contributed by atoms with van der Waals surface area (Å²) in [6.45, 7) is 6.80. The number of amides is 1. The summed E-state index contributed by atoms with van der Waals surface area (Å²) in [7, 11) is 0. The van der Waals surface area contributed by atoms with E-state index in [4.69, 9.17) is 4.74 Å². The zero-order chi connectivity index (χ0) is 16.4. The van der Waals surface area contributed by atoms with Crippen molar-refractivity contribution in [2.75, 3.05) is 63.9 Å². The molecule has 7 nitrogen and oxygen atoms in total. The predicted octanol–water partition coefficient (Wildman–Crippen LogP) is 0.672. The van der Waals surface area contributed by atoms with Crippen molar-refractivity contribution < 1.29 is 9.53 Å². The molecule has 4 heterocycles. The fourth-order valence-electron chi connectivity index (χ4n) is 3.22. The van der Waals surface area contributed by atoms with E-state index in [1.54, 1.807) is 17.7 Å². The predicted molar refractivity (Wildman–Crippen MR) is 93.5 cm³/mol. The molecule has 128 valence electrons. The van der Waals surface area contributed by atoms with Crippen molar-refractivity contribution in [3.63, 3.8) is 0 Å². The minimum absolute atomic E-state index is 0.217. The number of aromatic nitrogens is 2. The molecule has 0 atom stereocenters. The highest BCUT2D eigenvalue weighted by molar-refractivity contribution is 7.17. The van der Waals surface area contributed by atoms with E-state index in [9.17, 15) is 4.79 Å². The molecule has 0 aliphatic carbocycles. The first-order chi connectivity index (χ1) is 11.8. The molecule has 2 aromatic heterocycles. The number of thiophene rings is 1. The Bertz CT molecular complexity index is 707. The SMILES string of the molecule is O=C(CN1CCN(c2ncnc3ccsc23)CC1)N1CCOCC1. The van der Waals surface area contributed by atoms with Gasteiger partial charge in [-0.05, 0) is 11.4 Å². The van der Waals surface area contributed by atoms with Crippen LogP contribution in [-0.2, 0) is 9.53 Å². The summed E-state index contributed by atoms with van der Waals surface area (Å²) < 4.78 is 6.45. The minimum atomic E-state index is 0.217. The lowest BCUT2D eigenvalue weighted by molar-refractivity contribution is -0.136. The molecule has 0 saturated carbocycles. The highest BCUT2D eigenvalue weighted by atomic mass is 32.1. The van der Waals surface area contributed by atoms with Crippen LogP contribution < -0.4 is 4.90 Å². The highest BCUT2D eigenvalue weighted by Gasteiger charge is 2.24. The number of piperazine rings is 1. The van der Waals surface area contributed by atoms with Crippen LogP contribution in [0.5, 0.6) is 0 Å².